The molecule has 1 rings (SSSR count). The second-order valence-electron chi connectivity index (χ2n) is 4.71. The van der Waals surface area contributed by atoms with Crippen LogP contribution in [0.5, 0.6) is 0 Å². The Morgan fingerprint density at radius 2 is 2.16 bits per heavy atom. The van der Waals surface area contributed by atoms with Crippen molar-refractivity contribution in [3.05, 3.63) is 23.9 Å². The molecule has 0 saturated carbocycles. The Labute approximate surface area is 116 Å². The van der Waals surface area contributed by atoms with Gasteiger partial charge in [-0.1, -0.05) is 13.0 Å². The van der Waals surface area contributed by atoms with E-state index in [2.05, 4.69) is 17.2 Å². The summed E-state index contributed by atoms with van der Waals surface area (Å²) in [6, 6.07) is 3.92. The summed E-state index contributed by atoms with van der Waals surface area (Å²) in [5.41, 5.74) is 1.09. The molecule has 0 atom stereocenters. The van der Waals surface area contributed by atoms with E-state index in [1.165, 1.54) is 6.26 Å². The lowest BCUT2D eigenvalue weighted by atomic mass is 10.2. The fourth-order valence-electron chi connectivity index (χ4n) is 1.72. The third-order valence-electron chi connectivity index (χ3n) is 2.77. The molecule has 0 unspecified atom stereocenters. The van der Waals surface area contributed by atoms with Crippen LogP contribution in [0.2, 0.25) is 0 Å². The minimum absolute atomic E-state index is 0.141. The molecule has 1 N–H and O–H groups in total. The van der Waals surface area contributed by atoms with Crippen molar-refractivity contribution in [3.63, 3.8) is 0 Å². The van der Waals surface area contributed by atoms with Crippen molar-refractivity contribution in [1.29, 1.82) is 0 Å². The highest BCUT2D eigenvalue weighted by atomic mass is 32.2. The molecule has 5 nitrogen and oxygen atoms in total. The molecule has 1 heterocycles. The molecule has 0 aliphatic heterocycles. The van der Waals surface area contributed by atoms with Crippen molar-refractivity contribution in [2.75, 3.05) is 37.0 Å². The summed E-state index contributed by atoms with van der Waals surface area (Å²) in [7, 11) is -1.07. The van der Waals surface area contributed by atoms with Gasteiger partial charge >= 0.3 is 0 Å². The van der Waals surface area contributed by atoms with Crippen molar-refractivity contribution < 1.29 is 8.42 Å². The number of pyridine rings is 1. The summed E-state index contributed by atoms with van der Waals surface area (Å²) in [5.74, 6) is 0.983. The highest BCUT2D eigenvalue weighted by Crippen LogP contribution is 2.15. The Morgan fingerprint density at radius 3 is 2.79 bits per heavy atom. The van der Waals surface area contributed by atoms with E-state index in [-0.39, 0.29) is 5.75 Å². The van der Waals surface area contributed by atoms with Crippen LogP contribution in [0, 0.1) is 0 Å². The lowest BCUT2D eigenvalue weighted by molar-refractivity contribution is 0.600. The van der Waals surface area contributed by atoms with Gasteiger partial charge in [0, 0.05) is 38.2 Å². The lowest BCUT2D eigenvalue weighted by Crippen LogP contribution is -2.27. The van der Waals surface area contributed by atoms with E-state index in [9.17, 15) is 8.42 Å². The van der Waals surface area contributed by atoms with Crippen molar-refractivity contribution in [3.8, 4) is 0 Å². The van der Waals surface area contributed by atoms with Gasteiger partial charge in [-0.05, 0) is 19.0 Å². The molecule has 0 aliphatic rings. The number of nitrogens with zero attached hydrogens (tertiary/aromatic N) is 2. The highest BCUT2D eigenvalue weighted by molar-refractivity contribution is 7.90. The maximum Gasteiger partial charge on any atom is 0.149 e. The molecule has 0 saturated heterocycles. The molecule has 0 fully saturated rings. The van der Waals surface area contributed by atoms with E-state index in [0.717, 1.165) is 30.9 Å². The highest BCUT2D eigenvalue weighted by Gasteiger charge is 2.10. The van der Waals surface area contributed by atoms with Gasteiger partial charge in [-0.25, -0.2) is 13.4 Å². The average Bonchev–Trinajstić information content (AvgIpc) is 2.36. The van der Waals surface area contributed by atoms with Crippen molar-refractivity contribution in [2.24, 2.45) is 0 Å². The van der Waals surface area contributed by atoms with Gasteiger partial charge < -0.3 is 10.2 Å². The predicted molar refractivity (Wildman–Crippen MR) is 79.2 cm³/mol. The Hall–Kier alpha value is -1.14. The molecule has 0 spiro atoms. The van der Waals surface area contributed by atoms with Crippen LogP contribution in [0.4, 0.5) is 5.82 Å². The average molecular weight is 285 g/mol. The maximum absolute atomic E-state index is 11.2. The summed E-state index contributed by atoms with van der Waals surface area (Å²) < 4.78 is 22.4. The SMILES string of the molecule is CCCNCc1cccnc1N(C)CCS(C)(=O)=O. The number of rotatable bonds is 8. The topological polar surface area (TPSA) is 62.3 Å². The second-order valence-corrected chi connectivity index (χ2v) is 6.97. The number of sulfone groups is 1. The van der Waals surface area contributed by atoms with E-state index in [1.807, 2.05) is 24.1 Å². The molecule has 6 heteroatoms. The van der Waals surface area contributed by atoms with Crippen LogP contribution in [-0.4, -0.2) is 45.5 Å². The van der Waals surface area contributed by atoms with E-state index in [0.29, 0.717) is 6.54 Å². The van der Waals surface area contributed by atoms with Gasteiger partial charge in [0.25, 0.3) is 0 Å². The Balaban J connectivity index is 2.70. The smallest absolute Gasteiger partial charge is 0.149 e. The molecule has 0 radical (unpaired) electrons. The van der Waals surface area contributed by atoms with E-state index >= 15 is 0 Å². The van der Waals surface area contributed by atoms with Gasteiger partial charge in [0.05, 0.1) is 5.75 Å². The number of nitrogens with one attached hydrogen (secondary N) is 1. The predicted octanol–water partition coefficient (Wildman–Crippen LogP) is 1.06. The molecule has 0 aliphatic carbocycles. The zero-order chi connectivity index (χ0) is 14.3. The first-order valence-corrected chi connectivity index (χ1v) is 8.53. The first-order chi connectivity index (χ1) is 8.94. The zero-order valence-corrected chi connectivity index (χ0v) is 12.7. The molecule has 0 amide bonds. The van der Waals surface area contributed by atoms with Crippen LogP contribution < -0.4 is 10.2 Å². The van der Waals surface area contributed by atoms with E-state index < -0.39 is 9.84 Å². The summed E-state index contributed by atoms with van der Waals surface area (Å²) in [6.45, 7) is 4.29. The summed E-state index contributed by atoms with van der Waals surface area (Å²) in [4.78, 5) is 6.24. The molecule has 1 aromatic heterocycles. The molecule has 1 aromatic rings. The minimum atomic E-state index is -2.95. The van der Waals surface area contributed by atoms with Crippen LogP contribution in [-0.2, 0) is 16.4 Å². The first kappa shape index (κ1) is 15.9. The first-order valence-electron chi connectivity index (χ1n) is 6.47. The van der Waals surface area contributed by atoms with Gasteiger partial charge in [0.15, 0.2) is 0 Å². The largest absolute Gasteiger partial charge is 0.358 e. The summed E-state index contributed by atoms with van der Waals surface area (Å²) in [5, 5.41) is 3.33. The van der Waals surface area contributed by atoms with Crippen LogP contribution in [0.1, 0.15) is 18.9 Å². The molecule has 108 valence electrons. The second kappa shape index (κ2) is 7.45. The summed E-state index contributed by atoms with van der Waals surface area (Å²) >= 11 is 0. The fraction of sp³-hybridized carbons (Fsp3) is 0.615. The minimum Gasteiger partial charge on any atom is -0.358 e. The lowest BCUT2D eigenvalue weighted by Gasteiger charge is -2.20. The molecule has 19 heavy (non-hydrogen) atoms. The standard InChI is InChI=1S/C13H23N3O2S/c1-4-7-14-11-12-6-5-8-15-13(12)16(2)9-10-19(3,17)18/h5-6,8,14H,4,7,9-11H2,1-3H3. The van der Waals surface area contributed by atoms with Crippen LogP contribution >= 0.6 is 0 Å². The van der Waals surface area contributed by atoms with Crippen LogP contribution in [0.15, 0.2) is 18.3 Å². The van der Waals surface area contributed by atoms with Crippen LogP contribution in [0.25, 0.3) is 0 Å². The number of hydrogen-bond acceptors (Lipinski definition) is 5. The quantitative estimate of drug-likeness (QED) is 0.724. The number of anilines is 1. The molecular formula is C13H23N3O2S. The fourth-order valence-corrected chi connectivity index (χ4v) is 2.33. The molecule has 0 bridgehead atoms. The number of hydrogen-bond donors (Lipinski definition) is 1. The van der Waals surface area contributed by atoms with Gasteiger partial charge in [0.1, 0.15) is 15.7 Å². The Morgan fingerprint density at radius 1 is 1.42 bits per heavy atom. The van der Waals surface area contributed by atoms with Gasteiger partial charge in [0.2, 0.25) is 0 Å². The summed E-state index contributed by atoms with van der Waals surface area (Å²) in [6.07, 6.45) is 4.07. The van der Waals surface area contributed by atoms with Gasteiger partial charge in [-0.2, -0.15) is 0 Å². The monoisotopic (exact) mass is 285 g/mol. The van der Waals surface area contributed by atoms with Crippen molar-refractivity contribution in [1.82, 2.24) is 10.3 Å². The van der Waals surface area contributed by atoms with Gasteiger partial charge in [-0.15, -0.1) is 0 Å². The zero-order valence-electron chi connectivity index (χ0n) is 11.9. The van der Waals surface area contributed by atoms with Crippen LogP contribution in [0.3, 0.4) is 0 Å². The van der Waals surface area contributed by atoms with E-state index in [1.54, 1.807) is 6.20 Å². The Bertz CT molecular complexity index is 488. The molecular weight excluding hydrogens is 262 g/mol. The van der Waals surface area contributed by atoms with Gasteiger partial charge in [-0.3, -0.25) is 0 Å². The van der Waals surface area contributed by atoms with Crippen molar-refractivity contribution >= 4 is 15.7 Å². The third-order valence-corrected chi connectivity index (χ3v) is 3.69. The maximum atomic E-state index is 11.2. The Kier molecular flexibility index (Phi) is 6.24. The van der Waals surface area contributed by atoms with Crippen molar-refractivity contribution in [2.45, 2.75) is 19.9 Å². The van der Waals surface area contributed by atoms with E-state index in [4.69, 9.17) is 0 Å². The molecule has 0 aromatic carbocycles. The normalized spacial score (nSPS) is 11.5. The third kappa shape index (κ3) is 6.02. The number of aromatic nitrogens is 1.